The molecule has 0 heterocycles. The third-order valence-electron chi connectivity index (χ3n) is 6.49. The minimum absolute atomic E-state index is 0.0204. The molecule has 3 aromatic rings. The average molecular weight is 600 g/mol. The Morgan fingerprint density at radius 2 is 1.73 bits per heavy atom. The summed E-state index contributed by atoms with van der Waals surface area (Å²) in [5, 5.41) is 13.8. The van der Waals surface area contributed by atoms with Gasteiger partial charge in [-0.05, 0) is 54.8 Å². The normalized spacial score (nSPS) is 17.3. The van der Waals surface area contributed by atoms with Gasteiger partial charge in [0.05, 0.1) is 5.56 Å². The lowest BCUT2D eigenvalue weighted by molar-refractivity contribution is -0.139. The molecule has 12 heteroatoms. The average Bonchev–Trinajstić information content (AvgIpc) is 3.50. The monoisotopic (exact) mass is 599 g/mol. The van der Waals surface area contributed by atoms with Crippen LogP contribution >= 0.6 is 23.5 Å². The van der Waals surface area contributed by atoms with Crippen molar-refractivity contribution in [1.29, 1.82) is 0 Å². The molecule has 5 nitrogen and oxygen atoms in total. The van der Waals surface area contributed by atoms with Gasteiger partial charge < -0.3 is 15.2 Å². The minimum Gasteiger partial charge on any atom is -0.487 e. The molecule has 1 saturated carbocycles. The maximum absolute atomic E-state index is 13.4. The van der Waals surface area contributed by atoms with Crippen molar-refractivity contribution in [2.45, 2.75) is 54.0 Å². The van der Waals surface area contributed by atoms with Gasteiger partial charge in [0.1, 0.15) is 18.4 Å². The van der Waals surface area contributed by atoms with Gasteiger partial charge in [-0.3, -0.25) is 4.79 Å². The number of alkyl halides is 5. The molecule has 0 bridgehead atoms. The number of hydrogen-bond acceptors (Lipinski definition) is 5. The molecule has 2 atom stereocenters. The first kappa shape index (κ1) is 30.0. The first-order chi connectivity index (χ1) is 18.7. The number of carboxylic acids is 1. The zero-order valence-electron chi connectivity index (χ0n) is 21.4. The lowest BCUT2D eigenvalue weighted by Gasteiger charge is -2.31. The van der Waals surface area contributed by atoms with Crippen molar-refractivity contribution in [3.05, 3.63) is 71.8 Å². The molecule has 0 aliphatic heterocycles. The first-order valence-electron chi connectivity index (χ1n) is 12.2. The van der Waals surface area contributed by atoms with Crippen LogP contribution in [0.25, 0.3) is 10.8 Å². The van der Waals surface area contributed by atoms with Crippen molar-refractivity contribution in [3.63, 3.8) is 0 Å². The third-order valence-corrected chi connectivity index (χ3v) is 8.78. The van der Waals surface area contributed by atoms with Gasteiger partial charge >= 0.3 is 11.5 Å². The van der Waals surface area contributed by atoms with E-state index in [4.69, 9.17) is 4.74 Å². The number of carboxylic acid groups (broad SMARTS) is 1. The molecule has 0 aromatic heterocycles. The highest BCUT2D eigenvalue weighted by atomic mass is 32.2. The van der Waals surface area contributed by atoms with E-state index in [-0.39, 0.29) is 46.8 Å². The molecule has 1 fully saturated rings. The number of hydrogen-bond donors (Lipinski definition) is 2. The van der Waals surface area contributed by atoms with Gasteiger partial charge in [-0.1, -0.05) is 42.5 Å². The molecular formula is C28H26F5NO4S2. The van der Waals surface area contributed by atoms with Crippen LogP contribution in [0, 0.1) is 5.92 Å². The van der Waals surface area contributed by atoms with Crippen LogP contribution in [0.2, 0.25) is 0 Å². The summed E-state index contributed by atoms with van der Waals surface area (Å²) in [6.45, 7) is 3.09. The summed E-state index contributed by atoms with van der Waals surface area (Å²) < 4.78 is 69.5. The first-order valence-corrected chi connectivity index (χ1v) is 14.0. The molecule has 0 saturated heterocycles. The Kier molecular flexibility index (Phi) is 8.60. The Morgan fingerprint density at radius 1 is 1.07 bits per heavy atom. The molecule has 1 aliphatic carbocycles. The van der Waals surface area contributed by atoms with E-state index in [0.717, 1.165) is 17.1 Å². The zero-order chi connectivity index (χ0) is 29.3. The van der Waals surface area contributed by atoms with Crippen molar-refractivity contribution < 1.29 is 41.4 Å². The third kappa shape index (κ3) is 7.39. The second-order valence-corrected chi connectivity index (χ2v) is 12.8. The Hall–Kier alpha value is -2.99. The molecular weight excluding hydrogens is 573 g/mol. The number of fused-ring (bicyclic) bond motifs is 1. The Morgan fingerprint density at radius 3 is 2.33 bits per heavy atom. The number of aliphatic carboxylic acids is 1. The number of benzene rings is 3. The summed E-state index contributed by atoms with van der Waals surface area (Å²) in [5.74, 6) is -5.35. The summed E-state index contributed by atoms with van der Waals surface area (Å²) in [7, 11) is 0. The van der Waals surface area contributed by atoms with Crippen LogP contribution < -0.4 is 10.1 Å². The van der Waals surface area contributed by atoms with Crippen LogP contribution in [0.15, 0.2) is 65.6 Å². The van der Waals surface area contributed by atoms with Gasteiger partial charge in [0.25, 0.3) is 11.8 Å². The van der Waals surface area contributed by atoms with Gasteiger partial charge in [-0.25, -0.2) is 13.6 Å². The zero-order valence-corrected chi connectivity index (χ0v) is 23.1. The number of halogens is 5. The minimum atomic E-state index is -4.41. The molecule has 0 radical (unpaired) electrons. The Labute approximate surface area is 235 Å². The number of carbonyl (C=O) groups is 2. The predicted molar refractivity (Wildman–Crippen MR) is 145 cm³/mol. The fourth-order valence-corrected chi connectivity index (χ4v) is 5.97. The van der Waals surface area contributed by atoms with Gasteiger partial charge in [-0.15, -0.1) is 0 Å². The molecule has 1 amide bonds. The number of rotatable bonds is 11. The highest BCUT2D eigenvalue weighted by Gasteiger charge is 2.57. The van der Waals surface area contributed by atoms with E-state index in [9.17, 15) is 36.6 Å². The lowest BCUT2D eigenvalue weighted by Crippen LogP contribution is -2.52. The maximum atomic E-state index is 13.4. The Bertz CT molecular complexity index is 1400. The van der Waals surface area contributed by atoms with Crippen LogP contribution in [-0.2, 0) is 11.4 Å². The molecule has 40 heavy (non-hydrogen) atoms. The molecule has 1 aliphatic rings. The lowest BCUT2D eigenvalue weighted by atomic mass is 10.0. The summed E-state index contributed by atoms with van der Waals surface area (Å²) >= 11 is 0.835. The van der Waals surface area contributed by atoms with E-state index in [1.54, 1.807) is 44.2 Å². The maximum Gasteiger partial charge on any atom is 0.446 e. The molecule has 214 valence electrons. The Balaban J connectivity index is 1.55. The van der Waals surface area contributed by atoms with E-state index in [1.165, 1.54) is 30.3 Å². The smallest absolute Gasteiger partial charge is 0.446 e. The molecule has 4 rings (SSSR count). The standard InChI is InChI=1S/C28H26F5NO4S2/c1-26(2,39-15-18-13-27(18,29)30)23(25(36)37)34-24(35)21-12-9-17-5-3-4-6-20(17)22(21)38-14-16-7-10-19(11-8-16)40-28(31,32)33/h3-12,18,23H,13-15H2,1-2H3,(H,34,35)(H,36,37)/t18?,23-/m1/s1. The van der Waals surface area contributed by atoms with Gasteiger partial charge in [0, 0.05) is 33.1 Å². The number of ether oxygens (including phenoxy) is 1. The second-order valence-electron chi connectivity index (χ2n) is 9.97. The van der Waals surface area contributed by atoms with E-state index >= 15 is 0 Å². The van der Waals surface area contributed by atoms with Crippen LogP contribution in [0.1, 0.15) is 36.2 Å². The van der Waals surface area contributed by atoms with E-state index in [1.807, 2.05) is 0 Å². The van der Waals surface area contributed by atoms with Crippen LogP contribution in [0.3, 0.4) is 0 Å². The number of amides is 1. The highest BCUT2D eigenvalue weighted by Crippen LogP contribution is 2.51. The quantitative estimate of drug-likeness (QED) is 0.177. The van der Waals surface area contributed by atoms with E-state index < -0.39 is 40.0 Å². The van der Waals surface area contributed by atoms with Crippen molar-refractivity contribution in [2.75, 3.05) is 5.75 Å². The molecule has 3 aromatic carbocycles. The SMILES string of the molecule is CC(C)(SCC1CC1(F)F)[C@H](NC(=O)c1ccc2ccccc2c1OCc1ccc(SC(F)(F)F)cc1)C(=O)O. The van der Waals surface area contributed by atoms with Crippen LogP contribution in [0.4, 0.5) is 22.0 Å². The van der Waals surface area contributed by atoms with Crippen LogP contribution in [-0.4, -0.2) is 45.0 Å². The largest absolute Gasteiger partial charge is 0.487 e. The number of thioether (sulfide) groups is 2. The fraction of sp³-hybridized carbons (Fsp3) is 0.357. The molecule has 2 N–H and O–H groups in total. The summed E-state index contributed by atoms with van der Waals surface area (Å²) in [4.78, 5) is 25.6. The highest BCUT2D eigenvalue weighted by molar-refractivity contribution is 8.00. The summed E-state index contributed by atoms with van der Waals surface area (Å²) in [5.41, 5.74) is -3.79. The van der Waals surface area contributed by atoms with E-state index in [0.29, 0.717) is 10.9 Å². The van der Waals surface area contributed by atoms with Crippen molar-refractivity contribution in [1.82, 2.24) is 5.32 Å². The van der Waals surface area contributed by atoms with Gasteiger partial charge in [0.2, 0.25) is 0 Å². The summed E-state index contributed by atoms with van der Waals surface area (Å²) in [6.07, 6.45) is -0.234. The molecule has 0 spiro atoms. The second kappa shape index (κ2) is 11.5. The van der Waals surface area contributed by atoms with Crippen LogP contribution in [0.5, 0.6) is 5.75 Å². The topological polar surface area (TPSA) is 75.6 Å². The van der Waals surface area contributed by atoms with Crippen molar-refractivity contribution >= 4 is 46.2 Å². The van der Waals surface area contributed by atoms with Gasteiger partial charge in [0.15, 0.2) is 0 Å². The fourth-order valence-electron chi connectivity index (χ4n) is 4.11. The van der Waals surface area contributed by atoms with E-state index in [2.05, 4.69) is 5.32 Å². The van der Waals surface area contributed by atoms with Gasteiger partial charge in [-0.2, -0.15) is 24.9 Å². The number of carbonyl (C=O) groups excluding carboxylic acids is 1. The molecule has 1 unspecified atom stereocenters. The predicted octanol–water partition coefficient (Wildman–Crippen LogP) is 7.38. The van der Waals surface area contributed by atoms with Crippen molar-refractivity contribution in [3.8, 4) is 5.75 Å². The van der Waals surface area contributed by atoms with Crippen molar-refractivity contribution in [2.24, 2.45) is 5.92 Å². The summed E-state index contributed by atoms with van der Waals surface area (Å²) in [6, 6.07) is 14.5. The number of nitrogens with one attached hydrogen (secondary N) is 1.